The summed E-state index contributed by atoms with van der Waals surface area (Å²) in [5.74, 6) is 0.682. The Labute approximate surface area is 133 Å². The summed E-state index contributed by atoms with van der Waals surface area (Å²) in [5.41, 5.74) is 1.78. The molecule has 2 aromatic rings. The summed E-state index contributed by atoms with van der Waals surface area (Å²) in [6.07, 6.45) is 5.17. The number of halogens is 1. The summed E-state index contributed by atoms with van der Waals surface area (Å²) >= 11 is 5.99. The minimum atomic E-state index is -0.0322. The van der Waals surface area contributed by atoms with Crippen molar-refractivity contribution in [1.29, 1.82) is 0 Å². The van der Waals surface area contributed by atoms with E-state index in [2.05, 4.69) is 26.8 Å². The Morgan fingerprint density at radius 3 is 3.18 bits per heavy atom. The first-order valence-corrected chi connectivity index (χ1v) is 7.65. The zero-order chi connectivity index (χ0) is 15.7. The molecule has 0 bridgehead atoms. The van der Waals surface area contributed by atoms with Crippen LogP contribution < -0.4 is 5.32 Å². The van der Waals surface area contributed by atoms with Crippen molar-refractivity contribution >= 4 is 34.4 Å². The summed E-state index contributed by atoms with van der Waals surface area (Å²) in [6.45, 7) is 6.95. The highest BCUT2D eigenvalue weighted by Crippen LogP contribution is 2.26. The van der Waals surface area contributed by atoms with Gasteiger partial charge >= 0.3 is 0 Å². The number of piperidine rings is 1. The van der Waals surface area contributed by atoms with Crippen LogP contribution in [0.25, 0.3) is 11.0 Å². The number of hydrogen-bond acceptors (Lipinski definition) is 4. The number of rotatable bonds is 3. The molecule has 0 aliphatic carbocycles. The van der Waals surface area contributed by atoms with Gasteiger partial charge in [-0.2, -0.15) is 4.98 Å². The molecule has 1 aliphatic heterocycles. The molecule has 3 rings (SSSR count). The van der Waals surface area contributed by atoms with E-state index in [0.717, 1.165) is 36.0 Å². The lowest BCUT2D eigenvalue weighted by Crippen LogP contribution is -2.44. The van der Waals surface area contributed by atoms with Crippen LogP contribution in [0.3, 0.4) is 0 Å². The molecule has 0 spiro atoms. The fourth-order valence-electron chi connectivity index (χ4n) is 2.88. The van der Waals surface area contributed by atoms with Gasteiger partial charge in [-0.3, -0.25) is 4.79 Å². The van der Waals surface area contributed by atoms with E-state index in [9.17, 15) is 4.79 Å². The fourth-order valence-corrected chi connectivity index (χ4v) is 3.05. The van der Waals surface area contributed by atoms with E-state index in [-0.39, 0.29) is 17.2 Å². The average molecular weight is 320 g/mol. The molecule has 2 aromatic heterocycles. The summed E-state index contributed by atoms with van der Waals surface area (Å²) in [7, 11) is 0. The minimum absolute atomic E-state index is 0.0322. The lowest BCUT2D eigenvalue weighted by atomic mass is 10.1. The number of H-pyrrole nitrogens is 1. The molecule has 0 saturated carbocycles. The molecule has 0 unspecified atom stereocenters. The smallest absolute Gasteiger partial charge is 0.246 e. The van der Waals surface area contributed by atoms with Crippen LogP contribution in [0.4, 0.5) is 5.82 Å². The van der Waals surface area contributed by atoms with Gasteiger partial charge in [0.2, 0.25) is 11.2 Å². The maximum absolute atomic E-state index is 11.8. The third-order valence-electron chi connectivity index (χ3n) is 3.95. The maximum Gasteiger partial charge on any atom is 0.246 e. The van der Waals surface area contributed by atoms with Crippen LogP contribution in [0.1, 0.15) is 18.4 Å². The molecule has 22 heavy (non-hydrogen) atoms. The number of likely N-dealkylation sites (tertiary alicyclic amines) is 1. The number of nitrogens with one attached hydrogen (secondary N) is 2. The number of nitrogens with zero attached hydrogens (tertiary/aromatic N) is 3. The Hall–Kier alpha value is -2.08. The summed E-state index contributed by atoms with van der Waals surface area (Å²) in [6, 6.07) is 0.140. The lowest BCUT2D eigenvalue weighted by molar-refractivity contribution is -0.127. The van der Waals surface area contributed by atoms with Crippen LogP contribution in [0.2, 0.25) is 5.28 Å². The molecule has 7 heteroatoms. The molecule has 0 radical (unpaired) electrons. The Balaban J connectivity index is 1.85. The predicted molar refractivity (Wildman–Crippen MR) is 87.1 cm³/mol. The van der Waals surface area contributed by atoms with Crippen molar-refractivity contribution in [3.63, 3.8) is 0 Å². The van der Waals surface area contributed by atoms with Gasteiger partial charge in [-0.15, -0.1) is 0 Å². The van der Waals surface area contributed by atoms with Crippen molar-refractivity contribution < 1.29 is 4.79 Å². The monoisotopic (exact) mass is 319 g/mol. The number of hydrogen-bond donors (Lipinski definition) is 2. The number of carbonyl (C=O) groups is 1. The number of fused-ring (bicyclic) bond motifs is 1. The molecular formula is C15H18ClN5O. The van der Waals surface area contributed by atoms with E-state index in [0.29, 0.717) is 12.4 Å². The van der Waals surface area contributed by atoms with Crippen molar-refractivity contribution in [3.05, 3.63) is 29.7 Å². The largest absolute Gasteiger partial charge is 0.365 e. The summed E-state index contributed by atoms with van der Waals surface area (Å²) < 4.78 is 0. The van der Waals surface area contributed by atoms with E-state index in [1.807, 2.05) is 13.1 Å². The predicted octanol–water partition coefficient (Wildman–Crippen LogP) is 2.51. The third kappa shape index (κ3) is 2.78. The molecule has 1 atom stereocenters. The Kier molecular flexibility index (Phi) is 4.02. The maximum atomic E-state index is 11.8. The van der Waals surface area contributed by atoms with Crippen LogP contribution in [-0.4, -0.2) is 44.9 Å². The highest BCUT2D eigenvalue weighted by atomic mass is 35.5. The molecule has 6 nitrogen and oxygen atoms in total. The first-order chi connectivity index (χ1) is 10.6. The number of aromatic nitrogens is 3. The standard InChI is InChI=1S/C15H18ClN5O/c1-3-11(22)21-6-4-5-10(8-21)18-14-12-9(2)7-17-13(12)19-15(16)20-14/h3,7,10H,1,4-6,8H2,2H3,(H2,17,18,19,20)/t10-/m0/s1. The summed E-state index contributed by atoms with van der Waals surface area (Å²) in [5, 5.41) is 4.56. The molecule has 1 fully saturated rings. The second-order valence-corrected chi connectivity index (χ2v) is 5.85. The Morgan fingerprint density at radius 2 is 2.41 bits per heavy atom. The first kappa shape index (κ1) is 14.8. The SMILES string of the molecule is C=CC(=O)N1CCC[C@H](Nc2nc(Cl)nc3[nH]cc(C)c23)C1. The molecule has 1 amide bonds. The topological polar surface area (TPSA) is 73.9 Å². The molecule has 3 heterocycles. The quantitative estimate of drug-likeness (QED) is 0.673. The number of amides is 1. The molecule has 1 aliphatic rings. The Bertz CT molecular complexity index is 726. The van der Waals surface area contributed by atoms with Crippen LogP contribution in [-0.2, 0) is 4.79 Å². The van der Waals surface area contributed by atoms with Crippen molar-refractivity contribution in [2.24, 2.45) is 0 Å². The van der Waals surface area contributed by atoms with E-state index >= 15 is 0 Å². The summed E-state index contributed by atoms with van der Waals surface area (Å²) in [4.78, 5) is 25.2. The zero-order valence-corrected chi connectivity index (χ0v) is 13.2. The van der Waals surface area contributed by atoms with Gasteiger partial charge in [0.15, 0.2) is 0 Å². The second-order valence-electron chi connectivity index (χ2n) is 5.51. The highest BCUT2D eigenvalue weighted by Gasteiger charge is 2.23. The fraction of sp³-hybridized carbons (Fsp3) is 0.400. The highest BCUT2D eigenvalue weighted by molar-refractivity contribution is 6.28. The van der Waals surface area contributed by atoms with Gasteiger partial charge in [0.25, 0.3) is 0 Å². The molecule has 1 saturated heterocycles. The van der Waals surface area contributed by atoms with Crippen molar-refractivity contribution in [3.8, 4) is 0 Å². The molecule has 2 N–H and O–H groups in total. The normalized spacial score (nSPS) is 18.5. The lowest BCUT2D eigenvalue weighted by Gasteiger charge is -2.33. The van der Waals surface area contributed by atoms with Gasteiger partial charge in [-0.1, -0.05) is 6.58 Å². The van der Waals surface area contributed by atoms with E-state index in [1.165, 1.54) is 6.08 Å². The second kappa shape index (κ2) is 5.96. The van der Waals surface area contributed by atoms with E-state index in [4.69, 9.17) is 11.6 Å². The van der Waals surface area contributed by atoms with Crippen molar-refractivity contribution in [2.45, 2.75) is 25.8 Å². The van der Waals surface area contributed by atoms with E-state index < -0.39 is 0 Å². The number of anilines is 1. The van der Waals surface area contributed by atoms with Gasteiger partial charge in [-0.05, 0) is 43.0 Å². The third-order valence-corrected chi connectivity index (χ3v) is 4.12. The molecular weight excluding hydrogens is 302 g/mol. The van der Waals surface area contributed by atoms with Crippen LogP contribution in [0, 0.1) is 6.92 Å². The first-order valence-electron chi connectivity index (χ1n) is 7.27. The minimum Gasteiger partial charge on any atom is -0.365 e. The van der Waals surface area contributed by atoms with E-state index in [1.54, 1.807) is 4.90 Å². The Morgan fingerprint density at radius 1 is 1.59 bits per heavy atom. The van der Waals surface area contributed by atoms with Crippen molar-refractivity contribution in [2.75, 3.05) is 18.4 Å². The average Bonchev–Trinajstić information content (AvgIpc) is 2.88. The number of aromatic amines is 1. The van der Waals surface area contributed by atoms with Crippen molar-refractivity contribution in [1.82, 2.24) is 19.9 Å². The molecule has 0 aromatic carbocycles. The van der Waals surface area contributed by atoms with Gasteiger partial charge in [-0.25, -0.2) is 4.98 Å². The van der Waals surface area contributed by atoms with Crippen LogP contribution in [0.5, 0.6) is 0 Å². The number of carbonyl (C=O) groups excluding carboxylic acids is 1. The zero-order valence-electron chi connectivity index (χ0n) is 12.4. The number of aryl methyl sites for hydroxylation is 1. The van der Waals surface area contributed by atoms with Gasteiger partial charge in [0, 0.05) is 25.3 Å². The van der Waals surface area contributed by atoms with Gasteiger partial charge < -0.3 is 15.2 Å². The van der Waals surface area contributed by atoms with Gasteiger partial charge in [0.05, 0.1) is 5.39 Å². The molecule has 116 valence electrons. The van der Waals surface area contributed by atoms with Crippen LogP contribution in [0.15, 0.2) is 18.9 Å². The van der Waals surface area contributed by atoms with Crippen LogP contribution >= 0.6 is 11.6 Å². The van der Waals surface area contributed by atoms with Gasteiger partial charge in [0.1, 0.15) is 11.5 Å².